The number of anilines is 2. The molecular formula is C18H17F3N4O4. The van der Waals surface area contributed by atoms with Crippen molar-refractivity contribution in [2.45, 2.75) is 12.6 Å². The lowest BCUT2D eigenvalue weighted by atomic mass is 10.1. The highest BCUT2D eigenvalue weighted by Crippen LogP contribution is 2.34. The van der Waals surface area contributed by atoms with Gasteiger partial charge in [-0.25, -0.2) is 0 Å². The second-order valence-electron chi connectivity index (χ2n) is 5.87. The van der Waals surface area contributed by atoms with Gasteiger partial charge in [-0.3, -0.25) is 19.7 Å². The van der Waals surface area contributed by atoms with Gasteiger partial charge in [0.1, 0.15) is 5.69 Å². The van der Waals surface area contributed by atoms with Crippen LogP contribution in [-0.2, 0) is 11.0 Å². The predicted octanol–water partition coefficient (Wildman–Crippen LogP) is 3.41. The number of carbonyl (C=O) groups excluding carboxylic acids is 2. The van der Waals surface area contributed by atoms with E-state index in [1.54, 1.807) is 0 Å². The third-order valence-corrected chi connectivity index (χ3v) is 3.85. The Hall–Kier alpha value is -3.63. The average Bonchev–Trinajstić information content (AvgIpc) is 2.67. The number of benzene rings is 2. The van der Waals surface area contributed by atoms with Gasteiger partial charge >= 0.3 is 6.18 Å². The van der Waals surface area contributed by atoms with Crippen LogP contribution in [0.1, 0.15) is 22.3 Å². The van der Waals surface area contributed by atoms with Gasteiger partial charge in [-0.2, -0.15) is 13.2 Å². The molecule has 0 aliphatic carbocycles. The monoisotopic (exact) mass is 410 g/mol. The van der Waals surface area contributed by atoms with Crippen LogP contribution in [0, 0.1) is 10.1 Å². The third-order valence-electron chi connectivity index (χ3n) is 3.85. The van der Waals surface area contributed by atoms with E-state index in [9.17, 15) is 32.9 Å². The van der Waals surface area contributed by atoms with Crippen molar-refractivity contribution in [2.24, 2.45) is 0 Å². The van der Waals surface area contributed by atoms with Crippen LogP contribution in [0.5, 0.6) is 0 Å². The average molecular weight is 410 g/mol. The van der Waals surface area contributed by atoms with Gasteiger partial charge in [0.15, 0.2) is 0 Å². The molecule has 0 heterocycles. The molecule has 0 aromatic heterocycles. The van der Waals surface area contributed by atoms with Crippen molar-refractivity contribution in [3.63, 3.8) is 0 Å². The summed E-state index contributed by atoms with van der Waals surface area (Å²) in [5.74, 6) is -0.690. The van der Waals surface area contributed by atoms with Crippen molar-refractivity contribution >= 4 is 28.9 Å². The molecule has 0 aliphatic rings. The van der Waals surface area contributed by atoms with Crippen LogP contribution in [0.25, 0.3) is 0 Å². The Labute approximate surface area is 163 Å². The van der Waals surface area contributed by atoms with Crippen LogP contribution in [0.2, 0.25) is 0 Å². The van der Waals surface area contributed by atoms with Crippen molar-refractivity contribution < 1.29 is 27.7 Å². The minimum Gasteiger partial charge on any atom is -0.379 e. The molecular weight excluding hydrogens is 393 g/mol. The van der Waals surface area contributed by atoms with E-state index >= 15 is 0 Å². The van der Waals surface area contributed by atoms with Crippen molar-refractivity contribution in [3.8, 4) is 0 Å². The zero-order valence-electron chi connectivity index (χ0n) is 15.2. The lowest BCUT2D eigenvalue weighted by Gasteiger charge is -2.11. The molecule has 2 amide bonds. The van der Waals surface area contributed by atoms with Crippen LogP contribution in [0.3, 0.4) is 0 Å². The van der Waals surface area contributed by atoms with E-state index in [4.69, 9.17) is 0 Å². The Morgan fingerprint density at radius 2 is 1.76 bits per heavy atom. The third kappa shape index (κ3) is 5.92. The second kappa shape index (κ2) is 9.04. The molecule has 0 radical (unpaired) electrons. The van der Waals surface area contributed by atoms with E-state index in [1.807, 2.05) is 0 Å². The summed E-state index contributed by atoms with van der Waals surface area (Å²) in [4.78, 5) is 33.5. The summed E-state index contributed by atoms with van der Waals surface area (Å²) >= 11 is 0. The number of nitrogens with one attached hydrogen (secondary N) is 3. The summed E-state index contributed by atoms with van der Waals surface area (Å²) in [6.45, 7) is -0.0334. The first-order chi connectivity index (χ1) is 13.6. The zero-order chi connectivity index (χ0) is 21.6. The number of halogens is 3. The quantitative estimate of drug-likeness (QED) is 0.478. The Morgan fingerprint density at radius 1 is 1.10 bits per heavy atom. The van der Waals surface area contributed by atoms with Gasteiger partial charge in [0.05, 0.1) is 10.5 Å². The van der Waals surface area contributed by atoms with Crippen LogP contribution in [0.4, 0.5) is 30.2 Å². The fourth-order valence-electron chi connectivity index (χ4n) is 2.39. The molecule has 0 saturated carbocycles. The van der Waals surface area contributed by atoms with E-state index in [-0.39, 0.29) is 24.6 Å². The molecule has 0 aliphatic heterocycles. The summed E-state index contributed by atoms with van der Waals surface area (Å²) < 4.78 is 38.1. The Morgan fingerprint density at radius 3 is 2.31 bits per heavy atom. The lowest BCUT2D eigenvalue weighted by Crippen LogP contribution is -2.18. The lowest BCUT2D eigenvalue weighted by molar-refractivity contribution is -0.384. The number of nitro groups is 1. The first kappa shape index (κ1) is 21.7. The number of rotatable bonds is 7. The highest BCUT2D eigenvalue weighted by molar-refractivity contribution is 5.95. The van der Waals surface area contributed by atoms with E-state index in [0.717, 1.165) is 12.1 Å². The van der Waals surface area contributed by atoms with Gasteiger partial charge in [0.2, 0.25) is 5.91 Å². The summed E-state index contributed by atoms with van der Waals surface area (Å²) in [7, 11) is 1.49. The largest absolute Gasteiger partial charge is 0.416 e. The van der Waals surface area contributed by atoms with Crippen LogP contribution >= 0.6 is 0 Å². The first-order valence-electron chi connectivity index (χ1n) is 8.33. The summed E-state index contributed by atoms with van der Waals surface area (Å²) in [5.41, 5.74) is -1.12. The highest BCUT2D eigenvalue weighted by atomic mass is 19.4. The van der Waals surface area contributed by atoms with Crippen LogP contribution < -0.4 is 16.0 Å². The first-order valence-corrected chi connectivity index (χ1v) is 8.33. The molecule has 0 saturated heterocycles. The molecule has 0 atom stereocenters. The van der Waals surface area contributed by atoms with E-state index in [0.29, 0.717) is 17.3 Å². The summed E-state index contributed by atoms with van der Waals surface area (Å²) in [6, 6.07) is 8.25. The van der Waals surface area contributed by atoms with Crippen molar-refractivity contribution in [3.05, 3.63) is 63.7 Å². The van der Waals surface area contributed by atoms with Gasteiger partial charge in [0, 0.05) is 37.3 Å². The number of hydrogen-bond acceptors (Lipinski definition) is 5. The SMILES string of the molecule is CNC(=O)c1ccc(NC(=O)CCNc2ccc(C(F)(F)F)cc2[N+](=O)[O-])cc1. The zero-order valence-corrected chi connectivity index (χ0v) is 15.2. The Balaban J connectivity index is 1.94. The normalized spacial score (nSPS) is 10.9. The Kier molecular flexibility index (Phi) is 6.75. The van der Waals surface area contributed by atoms with Crippen LogP contribution in [0.15, 0.2) is 42.5 Å². The molecule has 0 spiro atoms. The summed E-state index contributed by atoms with van der Waals surface area (Å²) in [5, 5.41) is 18.7. The van der Waals surface area contributed by atoms with Gasteiger partial charge in [-0.1, -0.05) is 0 Å². The van der Waals surface area contributed by atoms with Crippen molar-refractivity contribution in [1.29, 1.82) is 0 Å². The maximum absolute atomic E-state index is 12.7. The molecule has 154 valence electrons. The fraction of sp³-hybridized carbons (Fsp3) is 0.222. The molecule has 3 N–H and O–H groups in total. The molecule has 0 unspecified atom stereocenters. The molecule has 2 rings (SSSR count). The molecule has 2 aromatic carbocycles. The van der Waals surface area contributed by atoms with Gasteiger partial charge < -0.3 is 16.0 Å². The standard InChI is InChI=1S/C18H17F3N4O4/c1-22-17(27)11-2-5-13(6-3-11)24-16(26)8-9-23-14-7-4-12(18(19,20)21)10-15(14)25(28)29/h2-7,10,23H,8-9H2,1H3,(H,22,27)(H,24,26). The minimum atomic E-state index is -4.70. The Bertz CT molecular complexity index is 914. The molecule has 2 aromatic rings. The second-order valence-corrected chi connectivity index (χ2v) is 5.87. The van der Waals surface area contributed by atoms with Gasteiger partial charge in [0.25, 0.3) is 11.6 Å². The van der Waals surface area contributed by atoms with Gasteiger partial charge in [-0.05, 0) is 36.4 Å². The number of nitro benzene ring substituents is 1. The smallest absolute Gasteiger partial charge is 0.379 e. The predicted molar refractivity (Wildman–Crippen MR) is 99.7 cm³/mol. The number of nitrogens with zero attached hydrogens (tertiary/aromatic N) is 1. The van der Waals surface area contributed by atoms with Crippen LogP contribution in [-0.4, -0.2) is 30.3 Å². The fourth-order valence-corrected chi connectivity index (χ4v) is 2.39. The van der Waals surface area contributed by atoms with Crippen molar-refractivity contribution in [1.82, 2.24) is 5.32 Å². The molecule has 8 nitrogen and oxygen atoms in total. The summed E-state index contributed by atoms with van der Waals surface area (Å²) in [6.07, 6.45) is -4.79. The minimum absolute atomic E-state index is 0.0334. The maximum atomic E-state index is 12.7. The number of alkyl halides is 3. The highest BCUT2D eigenvalue weighted by Gasteiger charge is 2.33. The molecule has 29 heavy (non-hydrogen) atoms. The van der Waals surface area contributed by atoms with Gasteiger partial charge in [-0.15, -0.1) is 0 Å². The molecule has 0 fully saturated rings. The maximum Gasteiger partial charge on any atom is 0.416 e. The van der Waals surface area contributed by atoms with E-state index in [1.165, 1.54) is 31.3 Å². The van der Waals surface area contributed by atoms with Crippen molar-refractivity contribution in [2.75, 3.05) is 24.2 Å². The van der Waals surface area contributed by atoms with E-state index < -0.39 is 28.3 Å². The number of amides is 2. The molecule has 0 bridgehead atoms. The number of carbonyl (C=O) groups is 2. The van der Waals surface area contributed by atoms with E-state index in [2.05, 4.69) is 16.0 Å². The number of hydrogen-bond donors (Lipinski definition) is 3. The topological polar surface area (TPSA) is 113 Å². The molecule has 11 heteroatoms.